The Morgan fingerprint density at radius 1 is 1.00 bits per heavy atom. The van der Waals surface area contributed by atoms with Crippen molar-refractivity contribution in [3.05, 3.63) is 60.5 Å². The summed E-state index contributed by atoms with van der Waals surface area (Å²) in [5, 5.41) is 0.792. The summed E-state index contributed by atoms with van der Waals surface area (Å²) in [6, 6.07) is 14.9. The zero-order chi connectivity index (χ0) is 19.8. The third-order valence-electron chi connectivity index (χ3n) is 5.86. The molecule has 1 amide bonds. The number of amides is 1. The van der Waals surface area contributed by atoms with Crippen LogP contribution in [0.25, 0.3) is 22.0 Å². The smallest absolute Gasteiger partial charge is 0.225 e. The van der Waals surface area contributed by atoms with Crippen molar-refractivity contribution in [2.75, 3.05) is 13.1 Å². The zero-order valence-electron chi connectivity index (χ0n) is 16.2. The number of rotatable bonds is 4. The maximum absolute atomic E-state index is 14.9. The van der Waals surface area contributed by atoms with Crippen LogP contribution in [-0.4, -0.2) is 35.0 Å². The maximum atomic E-state index is 14.9. The van der Waals surface area contributed by atoms with Gasteiger partial charge in [-0.2, -0.15) is 0 Å². The molecule has 2 aliphatic rings. The molecule has 1 aromatic heterocycles. The Kier molecular flexibility index (Phi) is 4.66. The average Bonchev–Trinajstić information content (AvgIpc) is 3.61. The largest absolute Gasteiger partial charge is 0.490 e. The Labute approximate surface area is 169 Å². The van der Waals surface area contributed by atoms with Gasteiger partial charge >= 0.3 is 0 Å². The lowest BCUT2D eigenvalue weighted by atomic mass is 10.0. The van der Waals surface area contributed by atoms with Gasteiger partial charge in [0, 0.05) is 49.0 Å². The summed E-state index contributed by atoms with van der Waals surface area (Å²) in [7, 11) is 0. The summed E-state index contributed by atoms with van der Waals surface area (Å²) < 4.78 is 21.0. The molecule has 0 radical (unpaired) electrons. The highest BCUT2D eigenvalue weighted by Crippen LogP contribution is 2.33. The van der Waals surface area contributed by atoms with Crippen molar-refractivity contribution in [1.82, 2.24) is 9.88 Å². The molecule has 1 saturated heterocycles. The van der Waals surface area contributed by atoms with Gasteiger partial charge < -0.3 is 9.64 Å². The highest BCUT2D eigenvalue weighted by molar-refractivity contribution is 5.85. The van der Waals surface area contributed by atoms with Gasteiger partial charge in [-0.25, -0.2) is 4.39 Å². The molecule has 1 aliphatic carbocycles. The van der Waals surface area contributed by atoms with Crippen molar-refractivity contribution < 1.29 is 13.9 Å². The normalized spacial score (nSPS) is 17.5. The zero-order valence-corrected chi connectivity index (χ0v) is 16.2. The number of ether oxygens (including phenoxy) is 1. The van der Waals surface area contributed by atoms with Gasteiger partial charge in [-0.3, -0.25) is 9.78 Å². The van der Waals surface area contributed by atoms with Crippen LogP contribution in [0.2, 0.25) is 0 Å². The molecule has 1 saturated carbocycles. The van der Waals surface area contributed by atoms with Gasteiger partial charge in [-0.05, 0) is 36.6 Å². The SMILES string of the molecule is O=C(C1CC1)N1CCC(Oc2ccc(-c3ccc4cccnc4c3F)cc2)CC1. The lowest BCUT2D eigenvalue weighted by Crippen LogP contribution is -2.42. The van der Waals surface area contributed by atoms with Crippen molar-refractivity contribution in [2.24, 2.45) is 5.92 Å². The van der Waals surface area contributed by atoms with E-state index >= 15 is 0 Å². The molecule has 0 spiro atoms. The van der Waals surface area contributed by atoms with Crippen molar-refractivity contribution in [3.8, 4) is 16.9 Å². The van der Waals surface area contributed by atoms with Crippen LogP contribution >= 0.6 is 0 Å². The van der Waals surface area contributed by atoms with Crippen molar-refractivity contribution in [3.63, 3.8) is 0 Å². The molecule has 0 N–H and O–H groups in total. The first-order valence-corrected chi connectivity index (χ1v) is 10.3. The Morgan fingerprint density at radius 2 is 1.76 bits per heavy atom. The lowest BCUT2D eigenvalue weighted by molar-refractivity contribution is -0.134. The summed E-state index contributed by atoms with van der Waals surface area (Å²) in [6.45, 7) is 1.54. The second kappa shape index (κ2) is 7.47. The number of carbonyl (C=O) groups is 1. The fourth-order valence-electron chi connectivity index (χ4n) is 4.02. The monoisotopic (exact) mass is 390 g/mol. The standard InChI is InChI=1S/C24H23FN2O2/c25-22-21(10-7-17-2-1-13-26-23(17)22)16-5-8-19(9-6-16)29-20-11-14-27(15-12-20)24(28)18-3-4-18/h1-2,5-10,13,18,20H,3-4,11-12,14-15H2. The van der Waals surface area contributed by atoms with Gasteiger partial charge in [-0.15, -0.1) is 0 Å². The number of benzene rings is 2. The predicted octanol–water partition coefficient (Wildman–Crippen LogP) is 4.82. The van der Waals surface area contributed by atoms with Crippen LogP contribution < -0.4 is 4.74 Å². The van der Waals surface area contributed by atoms with E-state index in [-0.39, 0.29) is 17.8 Å². The second-order valence-corrected chi connectivity index (χ2v) is 7.94. The molecule has 5 rings (SSSR count). The minimum atomic E-state index is -0.301. The molecule has 3 aromatic rings. The molecular formula is C24H23FN2O2. The van der Waals surface area contributed by atoms with E-state index < -0.39 is 0 Å². The first-order valence-electron chi connectivity index (χ1n) is 10.3. The van der Waals surface area contributed by atoms with E-state index in [0.29, 0.717) is 17.0 Å². The van der Waals surface area contributed by atoms with Crippen LogP contribution in [0.15, 0.2) is 54.7 Å². The molecule has 29 heavy (non-hydrogen) atoms. The molecule has 5 heteroatoms. The fraction of sp³-hybridized carbons (Fsp3) is 0.333. The fourth-order valence-corrected chi connectivity index (χ4v) is 4.02. The van der Waals surface area contributed by atoms with Crippen LogP contribution in [0.3, 0.4) is 0 Å². The van der Waals surface area contributed by atoms with Gasteiger partial charge in [0.1, 0.15) is 17.4 Å². The van der Waals surface area contributed by atoms with E-state index in [4.69, 9.17) is 4.74 Å². The van der Waals surface area contributed by atoms with E-state index in [2.05, 4.69) is 4.98 Å². The van der Waals surface area contributed by atoms with Gasteiger partial charge in [0.15, 0.2) is 5.82 Å². The number of halogens is 1. The van der Waals surface area contributed by atoms with Crippen LogP contribution in [-0.2, 0) is 4.79 Å². The molecule has 2 heterocycles. The van der Waals surface area contributed by atoms with Gasteiger partial charge in [0.05, 0.1) is 0 Å². The van der Waals surface area contributed by atoms with E-state index in [9.17, 15) is 9.18 Å². The van der Waals surface area contributed by atoms with Crippen molar-refractivity contribution >= 4 is 16.8 Å². The Balaban J connectivity index is 1.25. The molecule has 2 fully saturated rings. The topological polar surface area (TPSA) is 42.4 Å². The minimum Gasteiger partial charge on any atom is -0.490 e. The summed E-state index contributed by atoms with van der Waals surface area (Å²) >= 11 is 0. The van der Waals surface area contributed by atoms with Crippen molar-refractivity contribution in [2.45, 2.75) is 31.8 Å². The van der Waals surface area contributed by atoms with Crippen LogP contribution in [0, 0.1) is 11.7 Å². The minimum absolute atomic E-state index is 0.116. The highest BCUT2D eigenvalue weighted by atomic mass is 19.1. The van der Waals surface area contributed by atoms with E-state index in [1.54, 1.807) is 18.3 Å². The molecule has 1 aliphatic heterocycles. The van der Waals surface area contributed by atoms with E-state index in [1.165, 1.54) is 0 Å². The van der Waals surface area contributed by atoms with Crippen LogP contribution in [0.4, 0.5) is 4.39 Å². The van der Waals surface area contributed by atoms with E-state index in [0.717, 1.165) is 55.5 Å². The number of piperidine rings is 1. The molecule has 2 aromatic carbocycles. The number of hydrogen-bond donors (Lipinski definition) is 0. The number of hydrogen-bond acceptors (Lipinski definition) is 3. The number of likely N-dealkylation sites (tertiary alicyclic amines) is 1. The van der Waals surface area contributed by atoms with Gasteiger partial charge in [0.25, 0.3) is 0 Å². The molecule has 4 nitrogen and oxygen atoms in total. The van der Waals surface area contributed by atoms with E-state index in [1.807, 2.05) is 41.3 Å². The van der Waals surface area contributed by atoms with Gasteiger partial charge in [0.2, 0.25) is 5.91 Å². The Morgan fingerprint density at radius 3 is 2.48 bits per heavy atom. The third kappa shape index (κ3) is 3.69. The summed E-state index contributed by atoms with van der Waals surface area (Å²) in [4.78, 5) is 18.3. The Hall–Kier alpha value is -2.95. The van der Waals surface area contributed by atoms with Crippen molar-refractivity contribution in [1.29, 1.82) is 0 Å². The van der Waals surface area contributed by atoms with Crippen LogP contribution in [0.1, 0.15) is 25.7 Å². The molecular weight excluding hydrogens is 367 g/mol. The Bertz CT molecular complexity index is 1040. The lowest BCUT2D eigenvalue weighted by Gasteiger charge is -2.32. The maximum Gasteiger partial charge on any atom is 0.225 e. The molecule has 0 unspecified atom stereocenters. The number of pyridine rings is 1. The summed E-state index contributed by atoms with van der Waals surface area (Å²) in [5.74, 6) is 1.08. The van der Waals surface area contributed by atoms with Gasteiger partial charge in [-0.1, -0.05) is 30.3 Å². The predicted molar refractivity (Wildman–Crippen MR) is 110 cm³/mol. The highest BCUT2D eigenvalue weighted by Gasteiger charge is 2.35. The summed E-state index contributed by atoms with van der Waals surface area (Å²) in [5.41, 5.74) is 1.72. The number of aromatic nitrogens is 1. The first-order chi connectivity index (χ1) is 14.2. The molecule has 148 valence electrons. The molecule has 0 bridgehead atoms. The average molecular weight is 390 g/mol. The quantitative estimate of drug-likeness (QED) is 0.641. The first kappa shape index (κ1) is 18.1. The van der Waals surface area contributed by atoms with Crippen LogP contribution in [0.5, 0.6) is 5.75 Å². The summed E-state index contributed by atoms with van der Waals surface area (Å²) in [6.07, 6.45) is 5.53. The number of nitrogens with zero attached hydrogens (tertiary/aromatic N) is 2. The molecule has 0 atom stereocenters. The third-order valence-corrected chi connectivity index (χ3v) is 5.86. The second-order valence-electron chi connectivity index (χ2n) is 7.94. The number of fused-ring (bicyclic) bond motifs is 1. The number of carbonyl (C=O) groups excluding carboxylic acids is 1.